The van der Waals surface area contributed by atoms with E-state index in [-0.39, 0.29) is 32.7 Å². The van der Waals surface area contributed by atoms with Crippen molar-refractivity contribution in [2.75, 3.05) is 0 Å². The second kappa shape index (κ2) is 7.38. The van der Waals surface area contributed by atoms with Crippen LogP contribution >= 0.6 is 9.47 Å². The molecule has 4 heteroatoms. The molecule has 1 rings (SSSR count). The molecular formula is C9H8NOPY-2. The molecule has 0 aliphatic rings. The number of benzene rings is 1. The van der Waals surface area contributed by atoms with E-state index < -0.39 is 0 Å². The van der Waals surface area contributed by atoms with Gasteiger partial charge in [0.25, 0.3) is 0 Å². The quantitative estimate of drug-likeness (QED) is 0.466. The summed E-state index contributed by atoms with van der Waals surface area (Å²) in [4.78, 5) is 3.65. The van der Waals surface area contributed by atoms with Gasteiger partial charge in [-0.2, -0.15) is 0 Å². The van der Waals surface area contributed by atoms with Gasteiger partial charge in [0.15, 0.2) is 0 Å². The first kappa shape index (κ1) is 13.0. The van der Waals surface area contributed by atoms with Gasteiger partial charge >= 0.3 is 0 Å². The molecule has 0 saturated carbocycles. The van der Waals surface area contributed by atoms with Gasteiger partial charge in [0.1, 0.15) is 5.75 Å². The zero-order valence-corrected chi connectivity index (χ0v) is 11.0. The van der Waals surface area contributed by atoms with E-state index in [1.165, 1.54) is 6.20 Å². The third-order valence-electron chi connectivity index (χ3n) is 1.26. The monoisotopic (exact) mass is 266 g/mol. The van der Waals surface area contributed by atoms with Crippen LogP contribution < -0.4 is 4.52 Å². The molecule has 65 valence electrons. The molecular weight excluding hydrogens is 258 g/mol. The van der Waals surface area contributed by atoms with Crippen molar-refractivity contribution in [2.24, 2.45) is 4.99 Å². The van der Waals surface area contributed by atoms with Gasteiger partial charge in [0.2, 0.25) is 0 Å². The molecule has 0 spiro atoms. The minimum absolute atomic E-state index is 0. The topological polar surface area (TPSA) is 21.6 Å². The molecule has 0 saturated heterocycles. The van der Waals surface area contributed by atoms with Gasteiger partial charge in [-0.25, -0.2) is 6.20 Å². The first-order chi connectivity index (χ1) is 5.86. The zero-order valence-electron chi connectivity index (χ0n) is 6.97. The van der Waals surface area contributed by atoms with Gasteiger partial charge in [0, 0.05) is 32.7 Å². The van der Waals surface area contributed by atoms with Gasteiger partial charge in [-0.1, -0.05) is 12.1 Å². The molecule has 0 aromatic heterocycles. The van der Waals surface area contributed by atoms with Crippen LogP contribution in [-0.4, -0.2) is 6.21 Å². The van der Waals surface area contributed by atoms with Crippen LogP contribution in [0.2, 0.25) is 0 Å². The fourth-order valence-corrected chi connectivity index (χ4v) is 0.877. The summed E-state index contributed by atoms with van der Waals surface area (Å²) in [6.45, 7) is 5.05. The first-order valence-corrected chi connectivity index (χ1v) is 3.80. The normalized spacial score (nSPS) is 9.31. The molecule has 0 bridgehead atoms. The van der Waals surface area contributed by atoms with E-state index in [0.29, 0.717) is 0 Å². The van der Waals surface area contributed by atoms with Crippen molar-refractivity contribution in [1.82, 2.24) is 0 Å². The summed E-state index contributed by atoms with van der Waals surface area (Å²) in [6, 6.07) is 7.32. The maximum Gasteiger partial charge on any atom is 0.104 e. The molecule has 1 aromatic carbocycles. The number of hydrogen-bond donors (Lipinski definition) is 0. The Morgan fingerprint density at radius 3 is 2.46 bits per heavy atom. The van der Waals surface area contributed by atoms with Crippen LogP contribution in [0.3, 0.4) is 0 Å². The summed E-state index contributed by atoms with van der Waals surface area (Å²) in [5.41, 5.74) is 0.863. The average Bonchev–Trinajstić information content (AvgIpc) is 2.15. The van der Waals surface area contributed by atoms with Crippen LogP contribution in [0.15, 0.2) is 35.5 Å². The van der Waals surface area contributed by atoms with E-state index in [2.05, 4.69) is 20.7 Å². The van der Waals surface area contributed by atoms with Gasteiger partial charge in [-0.05, 0) is 6.21 Å². The molecule has 0 heterocycles. The van der Waals surface area contributed by atoms with Crippen molar-refractivity contribution in [3.05, 3.63) is 42.6 Å². The van der Waals surface area contributed by atoms with E-state index in [4.69, 9.17) is 11.1 Å². The Balaban J connectivity index is 0.00000144. The van der Waals surface area contributed by atoms with Crippen molar-refractivity contribution in [3.8, 4) is 5.75 Å². The summed E-state index contributed by atoms with van der Waals surface area (Å²) in [7, 11) is 2.18. The van der Waals surface area contributed by atoms with Crippen molar-refractivity contribution >= 4 is 15.7 Å². The Labute approximate surface area is 106 Å². The van der Waals surface area contributed by atoms with Crippen LogP contribution in [0.4, 0.5) is 0 Å². The van der Waals surface area contributed by atoms with Crippen LogP contribution in [0.25, 0.3) is 0 Å². The summed E-state index contributed by atoms with van der Waals surface area (Å²) >= 11 is 0. The van der Waals surface area contributed by atoms with Gasteiger partial charge in [0.05, 0.1) is 9.47 Å². The smallest absolute Gasteiger partial charge is 0.104 e. The Morgan fingerprint density at radius 2 is 2.00 bits per heavy atom. The molecule has 2 nitrogen and oxygen atoms in total. The molecule has 13 heavy (non-hydrogen) atoms. The van der Waals surface area contributed by atoms with Gasteiger partial charge in [-0.15, -0.1) is 17.7 Å². The van der Waals surface area contributed by atoms with Crippen LogP contribution in [0.5, 0.6) is 5.75 Å². The average molecular weight is 266 g/mol. The number of hydrogen-bond acceptors (Lipinski definition) is 2. The SMILES string of the molecule is [CH-]=CN=[C-]c1ccc(OP)cc1.[Y]. The predicted octanol–water partition coefficient (Wildman–Crippen LogP) is 2.10. The van der Waals surface area contributed by atoms with E-state index in [0.717, 1.165) is 11.3 Å². The van der Waals surface area contributed by atoms with E-state index in [1.807, 2.05) is 24.3 Å². The molecule has 0 aliphatic heterocycles. The Kier molecular flexibility index (Phi) is 7.35. The summed E-state index contributed by atoms with van der Waals surface area (Å²) < 4.78 is 4.90. The van der Waals surface area contributed by atoms with E-state index in [9.17, 15) is 0 Å². The molecule has 1 atom stereocenters. The molecule has 1 aromatic rings. The van der Waals surface area contributed by atoms with Crippen molar-refractivity contribution < 1.29 is 37.2 Å². The van der Waals surface area contributed by atoms with Crippen LogP contribution in [0, 0.1) is 6.58 Å². The van der Waals surface area contributed by atoms with Crippen molar-refractivity contribution in [3.63, 3.8) is 0 Å². The van der Waals surface area contributed by atoms with E-state index in [1.54, 1.807) is 0 Å². The first-order valence-electron chi connectivity index (χ1n) is 3.33. The van der Waals surface area contributed by atoms with Crippen LogP contribution in [-0.2, 0) is 32.7 Å². The minimum Gasteiger partial charge on any atom is -0.548 e. The van der Waals surface area contributed by atoms with Gasteiger partial charge < -0.3 is 16.1 Å². The Morgan fingerprint density at radius 1 is 1.38 bits per heavy atom. The maximum atomic E-state index is 5.05. The zero-order chi connectivity index (χ0) is 8.81. The standard InChI is InChI=1S/C9H8NOP.Y/c1-2-10-7-8-3-5-9(11-12)6-4-8;/h1-6H,12H2;/q-2;. The van der Waals surface area contributed by atoms with E-state index >= 15 is 0 Å². The van der Waals surface area contributed by atoms with Crippen LogP contribution in [0.1, 0.15) is 5.56 Å². The molecule has 0 N–H and O–H groups in total. The minimum atomic E-state index is 0. The van der Waals surface area contributed by atoms with Crippen molar-refractivity contribution in [2.45, 2.75) is 0 Å². The third-order valence-corrected chi connectivity index (χ3v) is 1.53. The largest absolute Gasteiger partial charge is 0.548 e. The fraction of sp³-hybridized carbons (Fsp3) is 0. The second-order valence-electron chi connectivity index (χ2n) is 2.03. The molecule has 0 fully saturated rings. The Hall–Kier alpha value is -0.0361. The second-order valence-corrected chi connectivity index (χ2v) is 2.27. The number of nitrogens with zero attached hydrogens (tertiary/aromatic N) is 1. The predicted molar refractivity (Wildman–Crippen MR) is 52.2 cm³/mol. The Bertz CT molecular complexity index is 284. The molecule has 0 amide bonds. The molecule has 1 unspecified atom stereocenters. The maximum absolute atomic E-state index is 5.05. The third kappa shape index (κ3) is 4.66. The molecule has 1 radical (unpaired) electrons. The summed E-state index contributed by atoms with van der Waals surface area (Å²) in [5, 5.41) is 0. The van der Waals surface area contributed by atoms with Gasteiger partial charge in [-0.3, -0.25) is 0 Å². The number of rotatable bonds is 3. The summed E-state index contributed by atoms with van der Waals surface area (Å²) in [6.07, 6.45) is 3.92. The number of aliphatic imine (C=N–C) groups is 1. The van der Waals surface area contributed by atoms with Crippen molar-refractivity contribution in [1.29, 1.82) is 0 Å². The fourth-order valence-electron chi connectivity index (χ4n) is 0.720. The summed E-state index contributed by atoms with van der Waals surface area (Å²) in [5.74, 6) is 0.780. The molecule has 0 aliphatic carbocycles.